The first-order valence-electron chi connectivity index (χ1n) is 6.78. The van der Waals surface area contributed by atoms with E-state index in [9.17, 15) is 0 Å². The summed E-state index contributed by atoms with van der Waals surface area (Å²) in [6.45, 7) is 4.04. The van der Waals surface area contributed by atoms with Crippen LogP contribution < -0.4 is 10.1 Å². The number of hydrogen-bond acceptors (Lipinski definition) is 3. The molecule has 1 N–H and O–H groups in total. The molecular weight excluding hydrogens is 238 g/mol. The minimum Gasteiger partial charge on any atom is -0.497 e. The third-order valence-corrected chi connectivity index (χ3v) is 3.58. The fraction of sp³-hybridized carbons (Fsp3) is 0.400. The highest BCUT2D eigenvalue weighted by Gasteiger charge is 2.19. The molecule has 4 heteroatoms. The number of methoxy groups -OCH3 is 1. The van der Waals surface area contributed by atoms with E-state index in [4.69, 9.17) is 9.72 Å². The van der Waals surface area contributed by atoms with Crippen LogP contribution in [-0.4, -0.2) is 23.2 Å². The Kier molecular flexibility index (Phi) is 3.25. The number of aromatic nitrogens is 2. The monoisotopic (exact) mass is 257 g/mol. The van der Waals surface area contributed by atoms with Crippen LogP contribution in [0.15, 0.2) is 24.3 Å². The molecular formula is C15H19N3O. The summed E-state index contributed by atoms with van der Waals surface area (Å²) in [6.07, 6.45) is 1.96. The number of nitrogens with one attached hydrogen (secondary N) is 1. The second kappa shape index (κ2) is 5.05. The van der Waals surface area contributed by atoms with Gasteiger partial charge in [-0.05, 0) is 12.1 Å². The minimum atomic E-state index is 0.874. The summed E-state index contributed by atoms with van der Waals surface area (Å²) < 4.78 is 7.61. The van der Waals surface area contributed by atoms with Gasteiger partial charge in [0.25, 0.3) is 0 Å². The van der Waals surface area contributed by atoms with Gasteiger partial charge in [-0.15, -0.1) is 0 Å². The zero-order valence-corrected chi connectivity index (χ0v) is 11.4. The maximum absolute atomic E-state index is 5.32. The Balaban J connectivity index is 2.14. The van der Waals surface area contributed by atoms with Crippen molar-refractivity contribution in [2.45, 2.75) is 26.3 Å². The number of nitrogens with zero attached hydrogens (tertiary/aromatic N) is 2. The Hall–Kier alpha value is -1.81. The lowest BCUT2D eigenvalue weighted by Crippen LogP contribution is -2.24. The first kappa shape index (κ1) is 12.2. The molecule has 2 heterocycles. The van der Waals surface area contributed by atoms with E-state index in [2.05, 4.69) is 28.9 Å². The van der Waals surface area contributed by atoms with Crippen molar-refractivity contribution >= 4 is 0 Å². The van der Waals surface area contributed by atoms with E-state index in [-0.39, 0.29) is 0 Å². The average molecular weight is 257 g/mol. The third kappa shape index (κ3) is 2.12. The topological polar surface area (TPSA) is 39.1 Å². The molecule has 0 saturated heterocycles. The van der Waals surface area contributed by atoms with Crippen molar-refractivity contribution in [2.24, 2.45) is 0 Å². The van der Waals surface area contributed by atoms with Gasteiger partial charge in [0.05, 0.1) is 18.5 Å². The molecule has 100 valence electrons. The Labute approximate surface area is 113 Å². The average Bonchev–Trinajstić information content (AvgIpc) is 2.85. The summed E-state index contributed by atoms with van der Waals surface area (Å²) in [4.78, 5) is 4.76. The quantitative estimate of drug-likeness (QED) is 0.915. The highest BCUT2D eigenvalue weighted by atomic mass is 16.5. The van der Waals surface area contributed by atoms with Gasteiger partial charge in [0, 0.05) is 37.7 Å². The molecule has 2 aromatic rings. The van der Waals surface area contributed by atoms with Crippen molar-refractivity contribution in [3.63, 3.8) is 0 Å². The minimum absolute atomic E-state index is 0.874. The molecule has 0 unspecified atom stereocenters. The van der Waals surface area contributed by atoms with Crippen LogP contribution in [0.1, 0.15) is 24.1 Å². The van der Waals surface area contributed by atoms with Crippen molar-refractivity contribution in [1.29, 1.82) is 0 Å². The van der Waals surface area contributed by atoms with Gasteiger partial charge in [0.1, 0.15) is 11.6 Å². The molecule has 1 aliphatic rings. The summed E-state index contributed by atoms with van der Waals surface area (Å²) in [7, 11) is 1.70. The van der Waals surface area contributed by atoms with Gasteiger partial charge in [-0.3, -0.25) is 0 Å². The summed E-state index contributed by atoms with van der Waals surface area (Å²) in [6, 6.07) is 8.19. The van der Waals surface area contributed by atoms with E-state index < -0.39 is 0 Å². The number of imidazole rings is 1. The first-order valence-corrected chi connectivity index (χ1v) is 6.78. The van der Waals surface area contributed by atoms with Gasteiger partial charge >= 0.3 is 0 Å². The molecule has 1 aromatic heterocycles. The van der Waals surface area contributed by atoms with Crippen LogP contribution in [-0.2, 0) is 19.4 Å². The Bertz CT molecular complexity index is 589. The maximum atomic E-state index is 5.32. The van der Waals surface area contributed by atoms with E-state index in [1.165, 1.54) is 11.4 Å². The Morgan fingerprint density at radius 2 is 2.32 bits per heavy atom. The van der Waals surface area contributed by atoms with Gasteiger partial charge < -0.3 is 14.6 Å². The Morgan fingerprint density at radius 3 is 3.11 bits per heavy atom. The smallest absolute Gasteiger partial charge is 0.120 e. The van der Waals surface area contributed by atoms with Crippen LogP contribution in [0.25, 0.3) is 5.69 Å². The van der Waals surface area contributed by atoms with Crippen molar-refractivity contribution in [3.8, 4) is 11.4 Å². The summed E-state index contributed by atoms with van der Waals surface area (Å²) >= 11 is 0. The molecule has 3 rings (SSSR count). The molecule has 0 aliphatic carbocycles. The lowest BCUT2D eigenvalue weighted by atomic mass is 10.1. The molecule has 19 heavy (non-hydrogen) atoms. The highest BCUT2D eigenvalue weighted by molar-refractivity contribution is 5.43. The lowest BCUT2D eigenvalue weighted by Gasteiger charge is -2.16. The summed E-state index contributed by atoms with van der Waals surface area (Å²) in [5.41, 5.74) is 3.67. The van der Waals surface area contributed by atoms with Crippen molar-refractivity contribution in [2.75, 3.05) is 13.7 Å². The van der Waals surface area contributed by atoms with Gasteiger partial charge in [-0.2, -0.15) is 0 Å². The number of fused-ring (bicyclic) bond motifs is 1. The van der Waals surface area contributed by atoms with E-state index in [1.807, 2.05) is 12.1 Å². The van der Waals surface area contributed by atoms with Crippen LogP contribution in [0, 0.1) is 0 Å². The first-order chi connectivity index (χ1) is 9.33. The van der Waals surface area contributed by atoms with E-state index in [0.29, 0.717) is 0 Å². The lowest BCUT2D eigenvalue weighted by molar-refractivity contribution is 0.414. The van der Waals surface area contributed by atoms with E-state index >= 15 is 0 Å². The summed E-state index contributed by atoms with van der Waals surface area (Å²) in [5, 5.41) is 3.38. The van der Waals surface area contributed by atoms with Crippen LogP contribution in [0.5, 0.6) is 5.75 Å². The largest absolute Gasteiger partial charge is 0.497 e. The van der Waals surface area contributed by atoms with Gasteiger partial charge in [0.15, 0.2) is 0 Å². The van der Waals surface area contributed by atoms with Crippen molar-refractivity contribution in [3.05, 3.63) is 41.5 Å². The molecule has 4 nitrogen and oxygen atoms in total. The van der Waals surface area contributed by atoms with Crippen LogP contribution in [0.3, 0.4) is 0 Å². The predicted octanol–water partition coefficient (Wildman–Crippen LogP) is 2.09. The molecule has 0 amide bonds. The fourth-order valence-corrected chi connectivity index (χ4v) is 2.66. The molecule has 0 saturated carbocycles. The standard InChI is InChI=1S/C15H19N3O/c1-3-15-17-13-10-16-8-7-14(13)18(15)11-5-4-6-12(9-11)19-2/h4-6,9,16H,3,7-8,10H2,1-2H3. The highest BCUT2D eigenvalue weighted by Crippen LogP contribution is 2.24. The fourth-order valence-electron chi connectivity index (χ4n) is 2.66. The van der Waals surface area contributed by atoms with Crippen molar-refractivity contribution < 1.29 is 4.74 Å². The zero-order valence-electron chi connectivity index (χ0n) is 11.4. The number of benzene rings is 1. The molecule has 1 aliphatic heterocycles. The maximum Gasteiger partial charge on any atom is 0.120 e. The summed E-state index contributed by atoms with van der Waals surface area (Å²) in [5.74, 6) is 2.01. The van der Waals surface area contributed by atoms with Crippen LogP contribution in [0.2, 0.25) is 0 Å². The normalized spacial score (nSPS) is 14.2. The second-order valence-electron chi connectivity index (χ2n) is 4.74. The number of aryl methyl sites for hydroxylation is 1. The predicted molar refractivity (Wildman–Crippen MR) is 74.9 cm³/mol. The zero-order chi connectivity index (χ0) is 13.2. The van der Waals surface area contributed by atoms with Gasteiger partial charge in [0.2, 0.25) is 0 Å². The molecule has 0 fully saturated rings. The number of hydrogen-bond donors (Lipinski definition) is 1. The number of ether oxygens (including phenoxy) is 1. The second-order valence-corrected chi connectivity index (χ2v) is 4.74. The van der Waals surface area contributed by atoms with Crippen LogP contribution >= 0.6 is 0 Å². The molecule has 0 radical (unpaired) electrons. The Morgan fingerprint density at radius 1 is 1.42 bits per heavy atom. The van der Waals surface area contributed by atoms with Crippen LogP contribution in [0.4, 0.5) is 0 Å². The number of rotatable bonds is 3. The van der Waals surface area contributed by atoms with E-state index in [0.717, 1.165) is 43.2 Å². The van der Waals surface area contributed by atoms with Gasteiger partial charge in [-0.1, -0.05) is 13.0 Å². The molecule has 0 atom stereocenters. The third-order valence-electron chi connectivity index (χ3n) is 3.58. The van der Waals surface area contributed by atoms with Crippen molar-refractivity contribution in [1.82, 2.24) is 14.9 Å². The molecule has 0 bridgehead atoms. The van der Waals surface area contributed by atoms with E-state index in [1.54, 1.807) is 7.11 Å². The van der Waals surface area contributed by atoms with Gasteiger partial charge in [-0.25, -0.2) is 4.98 Å². The SMILES string of the molecule is CCc1nc2c(n1-c1cccc(OC)c1)CCNC2. The molecule has 0 spiro atoms. The molecule has 1 aromatic carbocycles.